The molecule has 0 spiro atoms. The second-order valence-corrected chi connectivity index (χ2v) is 4.97. The summed E-state index contributed by atoms with van der Waals surface area (Å²) >= 11 is 3.18. The Kier molecular flexibility index (Phi) is 6.54. The third kappa shape index (κ3) is 4.44. The number of allylic oxidation sites excluding steroid dienone is 2. The number of benzene rings is 1. The molecule has 0 aliphatic carbocycles. The van der Waals surface area contributed by atoms with E-state index in [1.165, 1.54) is 12.1 Å². The molecule has 0 unspecified atom stereocenters. The van der Waals surface area contributed by atoms with Crippen LogP contribution in [0.1, 0.15) is 13.3 Å². The van der Waals surface area contributed by atoms with Crippen LogP contribution in [0.3, 0.4) is 0 Å². The van der Waals surface area contributed by atoms with Crippen LogP contribution in [0.25, 0.3) is 0 Å². The Bertz CT molecular complexity index is 767. The highest BCUT2D eigenvalue weighted by molar-refractivity contribution is 9.10. The van der Waals surface area contributed by atoms with Crippen LogP contribution < -0.4 is 10.1 Å². The third-order valence-electron chi connectivity index (χ3n) is 2.55. The monoisotopic (exact) mass is 375 g/mol. The van der Waals surface area contributed by atoms with E-state index in [0.29, 0.717) is 16.8 Å². The number of hydrogen-bond donors (Lipinski definition) is 1. The smallest absolute Gasteiger partial charge is 0.294 e. The summed E-state index contributed by atoms with van der Waals surface area (Å²) < 4.78 is 5.83. The molecule has 0 atom stereocenters. The molecule has 8 nitrogen and oxygen atoms in total. The first-order valence-corrected chi connectivity index (χ1v) is 7.10. The van der Waals surface area contributed by atoms with Gasteiger partial charge in [0.25, 0.3) is 5.69 Å². The molecule has 0 saturated carbocycles. The van der Waals surface area contributed by atoms with E-state index < -0.39 is 10.5 Å². The third-order valence-corrected chi connectivity index (χ3v) is 3.17. The summed E-state index contributed by atoms with van der Waals surface area (Å²) in [6.07, 6.45) is 0.739. The standard InChI is InChI=1S/C14H10BrN5O3/c1-2-3-23-14-5-11(13(20(21)22)4-10(14)15)19-12(8-18)9(6-16)7-17/h4-5,19H,2-3H2,1H3. The number of halogens is 1. The molecular formula is C14H10BrN5O3. The van der Waals surface area contributed by atoms with Crippen LogP contribution in [0.5, 0.6) is 5.75 Å². The van der Waals surface area contributed by atoms with Gasteiger partial charge in [-0.05, 0) is 22.4 Å². The first-order chi connectivity index (χ1) is 11.0. The normalized spacial score (nSPS) is 9.00. The molecule has 1 N–H and O–H groups in total. The van der Waals surface area contributed by atoms with Gasteiger partial charge in [0.15, 0.2) is 5.57 Å². The van der Waals surface area contributed by atoms with Crippen molar-refractivity contribution in [1.29, 1.82) is 15.8 Å². The Balaban J connectivity index is 3.41. The van der Waals surface area contributed by atoms with Crippen molar-refractivity contribution in [1.82, 2.24) is 0 Å². The van der Waals surface area contributed by atoms with Gasteiger partial charge < -0.3 is 10.1 Å². The molecule has 23 heavy (non-hydrogen) atoms. The molecule has 1 aromatic rings. The fourth-order valence-electron chi connectivity index (χ4n) is 1.53. The minimum absolute atomic E-state index is 0.0520. The minimum Gasteiger partial charge on any atom is -0.492 e. The predicted molar refractivity (Wildman–Crippen MR) is 84.1 cm³/mol. The van der Waals surface area contributed by atoms with Gasteiger partial charge >= 0.3 is 0 Å². The van der Waals surface area contributed by atoms with Crippen LogP contribution in [0.2, 0.25) is 0 Å². The lowest BCUT2D eigenvalue weighted by Gasteiger charge is -2.11. The van der Waals surface area contributed by atoms with Crippen molar-refractivity contribution in [3.8, 4) is 24.0 Å². The molecule has 9 heteroatoms. The van der Waals surface area contributed by atoms with Gasteiger partial charge in [-0.1, -0.05) is 6.92 Å². The van der Waals surface area contributed by atoms with Gasteiger partial charge in [0, 0.05) is 12.1 Å². The number of nitro groups is 1. The summed E-state index contributed by atoms with van der Waals surface area (Å²) in [5.41, 5.74) is -1.23. The molecule has 0 radical (unpaired) electrons. The Labute approximate surface area is 140 Å². The van der Waals surface area contributed by atoms with Gasteiger partial charge in [0.2, 0.25) is 0 Å². The lowest BCUT2D eigenvalue weighted by Crippen LogP contribution is -2.05. The lowest BCUT2D eigenvalue weighted by atomic mass is 10.2. The van der Waals surface area contributed by atoms with E-state index in [1.54, 1.807) is 18.2 Å². The van der Waals surface area contributed by atoms with E-state index >= 15 is 0 Å². The largest absolute Gasteiger partial charge is 0.492 e. The number of nitrogens with one attached hydrogen (secondary N) is 1. The van der Waals surface area contributed by atoms with Gasteiger partial charge in [-0.25, -0.2) is 0 Å². The Hall–Kier alpha value is -3.09. The average molecular weight is 376 g/mol. The van der Waals surface area contributed by atoms with E-state index in [2.05, 4.69) is 21.2 Å². The number of rotatable bonds is 6. The Morgan fingerprint density at radius 1 is 1.35 bits per heavy atom. The SMILES string of the molecule is CCCOc1cc(NC(C#N)=C(C#N)C#N)c([N+](=O)[O-])cc1Br. The number of ether oxygens (including phenoxy) is 1. The molecule has 0 amide bonds. The maximum atomic E-state index is 11.2. The highest BCUT2D eigenvalue weighted by atomic mass is 79.9. The summed E-state index contributed by atoms with van der Waals surface area (Å²) in [4.78, 5) is 10.5. The summed E-state index contributed by atoms with van der Waals surface area (Å²) in [6.45, 7) is 2.31. The molecular weight excluding hydrogens is 366 g/mol. The number of anilines is 1. The molecule has 0 aliphatic heterocycles. The summed E-state index contributed by atoms with van der Waals surface area (Å²) in [5.74, 6) is 0.340. The van der Waals surface area contributed by atoms with E-state index in [9.17, 15) is 10.1 Å². The second-order valence-electron chi connectivity index (χ2n) is 4.12. The van der Waals surface area contributed by atoms with Crippen molar-refractivity contribution in [2.75, 3.05) is 11.9 Å². The number of nitrogens with zero attached hydrogens (tertiary/aromatic N) is 4. The van der Waals surface area contributed by atoms with Crippen molar-refractivity contribution >= 4 is 27.3 Å². The van der Waals surface area contributed by atoms with Gasteiger partial charge in [0.05, 0.1) is 16.0 Å². The molecule has 1 rings (SSSR count). The topological polar surface area (TPSA) is 136 Å². The highest BCUT2D eigenvalue weighted by Gasteiger charge is 2.20. The molecule has 0 bridgehead atoms. The van der Waals surface area contributed by atoms with Gasteiger partial charge in [0.1, 0.15) is 35.3 Å². The summed E-state index contributed by atoms with van der Waals surface area (Å²) in [6, 6.07) is 7.31. The van der Waals surface area contributed by atoms with Crippen molar-refractivity contribution in [2.24, 2.45) is 0 Å². The van der Waals surface area contributed by atoms with Gasteiger partial charge in [-0.3, -0.25) is 10.1 Å². The zero-order valence-corrected chi connectivity index (χ0v) is 13.5. The van der Waals surface area contributed by atoms with Crippen molar-refractivity contribution in [3.05, 3.63) is 38.0 Å². The van der Waals surface area contributed by atoms with Crippen LogP contribution in [0, 0.1) is 44.1 Å². The number of nitro benzene ring substituents is 1. The predicted octanol–water partition coefficient (Wildman–Crippen LogP) is 3.38. The summed E-state index contributed by atoms with van der Waals surface area (Å²) in [5, 5.41) is 40.3. The molecule has 0 fully saturated rings. The fraction of sp³-hybridized carbons (Fsp3) is 0.214. The maximum absolute atomic E-state index is 11.2. The Morgan fingerprint density at radius 2 is 2.00 bits per heavy atom. The highest BCUT2D eigenvalue weighted by Crippen LogP contribution is 2.37. The van der Waals surface area contributed by atoms with Crippen LogP contribution in [0.4, 0.5) is 11.4 Å². The van der Waals surface area contributed by atoms with Crippen LogP contribution >= 0.6 is 15.9 Å². The molecule has 0 heterocycles. The van der Waals surface area contributed by atoms with Crippen LogP contribution in [-0.4, -0.2) is 11.5 Å². The van der Waals surface area contributed by atoms with Gasteiger partial charge in [-0.15, -0.1) is 0 Å². The summed E-state index contributed by atoms with van der Waals surface area (Å²) in [7, 11) is 0. The van der Waals surface area contributed by atoms with Gasteiger partial charge in [-0.2, -0.15) is 15.8 Å². The average Bonchev–Trinajstić information content (AvgIpc) is 2.54. The maximum Gasteiger partial charge on any atom is 0.294 e. The zero-order chi connectivity index (χ0) is 17.4. The van der Waals surface area contributed by atoms with Crippen molar-refractivity contribution in [2.45, 2.75) is 13.3 Å². The number of nitriles is 3. The molecule has 1 aromatic carbocycles. The van der Waals surface area contributed by atoms with E-state index in [-0.39, 0.29) is 17.1 Å². The quantitative estimate of drug-likeness (QED) is 0.456. The van der Waals surface area contributed by atoms with Crippen molar-refractivity contribution < 1.29 is 9.66 Å². The molecule has 0 aliphatic rings. The van der Waals surface area contributed by atoms with Crippen LogP contribution in [-0.2, 0) is 0 Å². The van der Waals surface area contributed by atoms with E-state index in [0.717, 1.165) is 6.42 Å². The number of hydrogen-bond acceptors (Lipinski definition) is 7. The first kappa shape index (κ1) is 18.0. The van der Waals surface area contributed by atoms with E-state index in [4.69, 9.17) is 20.5 Å². The Morgan fingerprint density at radius 3 is 2.48 bits per heavy atom. The second kappa shape index (κ2) is 8.38. The van der Waals surface area contributed by atoms with Crippen LogP contribution in [0.15, 0.2) is 27.9 Å². The fourth-order valence-corrected chi connectivity index (χ4v) is 1.98. The first-order valence-electron chi connectivity index (χ1n) is 6.30. The molecule has 0 saturated heterocycles. The lowest BCUT2D eigenvalue weighted by molar-refractivity contribution is -0.384. The zero-order valence-electron chi connectivity index (χ0n) is 12.0. The van der Waals surface area contributed by atoms with E-state index in [1.807, 2.05) is 6.92 Å². The molecule has 0 aromatic heterocycles. The minimum atomic E-state index is -0.649. The van der Waals surface area contributed by atoms with Crippen molar-refractivity contribution in [3.63, 3.8) is 0 Å². The molecule has 116 valence electrons.